The topological polar surface area (TPSA) is 26.3 Å². The van der Waals surface area contributed by atoms with Crippen LogP contribution in [0, 0.1) is 0 Å². The van der Waals surface area contributed by atoms with Gasteiger partial charge in [0.2, 0.25) is 0 Å². The van der Waals surface area contributed by atoms with E-state index in [-0.39, 0.29) is 5.04 Å². The monoisotopic (exact) mass is 412 g/mol. The summed E-state index contributed by atoms with van der Waals surface area (Å²) >= 11 is 0. The lowest BCUT2D eigenvalue weighted by Crippen LogP contribution is -2.54. The number of allylic oxidation sites excluding steroid dienone is 2. The summed E-state index contributed by atoms with van der Waals surface area (Å²) in [7, 11) is -3.57. The highest BCUT2D eigenvalue weighted by molar-refractivity contribution is 6.94. The summed E-state index contributed by atoms with van der Waals surface area (Å²) in [5, 5.41) is 3.09. The fourth-order valence-corrected chi connectivity index (χ4v) is 9.92. The molecule has 152 valence electrons. The summed E-state index contributed by atoms with van der Waals surface area (Å²) < 4.78 is 6.41. The number of Topliss-reactive ketones (excluding diaryl/α,β-unsaturated/α-hetero) is 1. The molecule has 2 aliphatic carbocycles. The van der Waals surface area contributed by atoms with E-state index in [1.165, 1.54) is 39.2 Å². The van der Waals surface area contributed by atoms with Crippen LogP contribution in [0.5, 0.6) is 5.75 Å². The summed E-state index contributed by atoms with van der Waals surface area (Å²) in [6.07, 6.45) is 5.38. The van der Waals surface area contributed by atoms with Crippen LogP contribution in [0.1, 0.15) is 67.9 Å². The number of carbonyl (C=O) groups excluding carboxylic acids is 1. The van der Waals surface area contributed by atoms with Gasteiger partial charge in [0.25, 0.3) is 0 Å². The van der Waals surface area contributed by atoms with Crippen LogP contribution in [0.3, 0.4) is 0 Å². The molecular weight excluding hydrogens is 376 g/mol. The molecule has 1 aromatic rings. The van der Waals surface area contributed by atoms with Gasteiger partial charge in [-0.15, -0.1) is 0 Å². The van der Waals surface area contributed by atoms with Crippen LogP contribution in [0.4, 0.5) is 0 Å². The van der Waals surface area contributed by atoms with Gasteiger partial charge in [-0.1, -0.05) is 53.5 Å². The minimum Gasteiger partial charge on any atom is -0.493 e. The van der Waals surface area contributed by atoms with Gasteiger partial charge in [-0.05, 0) is 57.8 Å². The van der Waals surface area contributed by atoms with Gasteiger partial charge in [-0.3, -0.25) is 4.79 Å². The van der Waals surface area contributed by atoms with Gasteiger partial charge in [0.15, 0.2) is 5.78 Å². The fraction of sp³-hybridized carbons (Fsp3) is 0.625. The minimum atomic E-state index is -1.88. The second-order valence-electron chi connectivity index (χ2n) is 11.5. The molecule has 0 fully saturated rings. The molecule has 0 N–H and O–H groups in total. The van der Waals surface area contributed by atoms with Crippen LogP contribution in [0.25, 0.3) is 5.57 Å². The number of fused-ring (bicyclic) bond motifs is 3. The van der Waals surface area contributed by atoms with Crippen molar-refractivity contribution in [2.24, 2.45) is 0 Å². The van der Waals surface area contributed by atoms with Crippen molar-refractivity contribution in [3.63, 3.8) is 0 Å². The maximum Gasteiger partial charge on any atom is 0.189 e. The first kappa shape index (κ1) is 20.1. The van der Waals surface area contributed by atoms with Gasteiger partial charge in [-0.2, -0.15) is 0 Å². The second-order valence-corrected chi connectivity index (χ2v) is 21.8. The summed E-state index contributed by atoms with van der Waals surface area (Å²) in [6, 6.07) is 0. The van der Waals surface area contributed by atoms with E-state index in [1.54, 1.807) is 0 Å². The van der Waals surface area contributed by atoms with Crippen molar-refractivity contribution >= 4 is 37.9 Å². The number of hydrogen-bond acceptors (Lipinski definition) is 2. The highest BCUT2D eigenvalue weighted by Crippen LogP contribution is 2.47. The molecule has 0 radical (unpaired) electrons. The van der Waals surface area contributed by atoms with Gasteiger partial charge in [0.1, 0.15) is 5.75 Å². The molecule has 0 spiro atoms. The maximum absolute atomic E-state index is 13.8. The Hall–Kier alpha value is -1.14. The molecule has 0 saturated heterocycles. The van der Waals surface area contributed by atoms with Crippen molar-refractivity contribution in [2.75, 3.05) is 6.61 Å². The van der Waals surface area contributed by atoms with E-state index in [0.29, 0.717) is 5.78 Å². The first-order valence-electron chi connectivity index (χ1n) is 11.0. The average Bonchev–Trinajstić information content (AvgIpc) is 3.15. The Morgan fingerprint density at radius 1 is 0.821 bits per heavy atom. The van der Waals surface area contributed by atoms with Crippen LogP contribution >= 0.6 is 0 Å². The Balaban J connectivity index is 2.17. The zero-order valence-electron chi connectivity index (χ0n) is 19.1. The first-order valence-corrected chi connectivity index (χ1v) is 17.5. The van der Waals surface area contributed by atoms with Gasteiger partial charge >= 0.3 is 0 Å². The molecule has 0 atom stereocenters. The predicted octanol–water partition coefficient (Wildman–Crippen LogP) is 5.41. The average molecular weight is 413 g/mol. The summed E-state index contributed by atoms with van der Waals surface area (Å²) in [6.45, 7) is 20.1. The smallest absolute Gasteiger partial charge is 0.189 e. The maximum atomic E-state index is 13.8. The van der Waals surface area contributed by atoms with E-state index in [1.807, 2.05) is 0 Å². The molecule has 1 aromatic carbocycles. The number of rotatable bonds is 2. The molecule has 0 saturated carbocycles. The summed E-state index contributed by atoms with van der Waals surface area (Å²) in [5.41, 5.74) is 6.40. The molecule has 4 rings (SSSR count). The molecule has 2 nitrogen and oxygen atoms in total. The molecule has 0 aromatic heterocycles. The van der Waals surface area contributed by atoms with Crippen molar-refractivity contribution in [2.45, 2.75) is 90.6 Å². The van der Waals surface area contributed by atoms with Crippen molar-refractivity contribution in [1.82, 2.24) is 0 Å². The van der Waals surface area contributed by atoms with Crippen LogP contribution < -0.4 is 15.1 Å². The highest BCUT2D eigenvalue weighted by Gasteiger charge is 2.48. The predicted molar refractivity (Wildman–Crippen MR) is 125 cm³/mol. The quantitative estimate of drug-likeness (QED) is 0.607. The van der Waals surface area contributed by atoms with Crippen molar-refractivity contribution in [3.05, 3.63) is 22.3 Å². The van der Waals surface area contributed by atoms with Gasteiger partial charge in [-0.25, -0.2) is 0 Å². The van der Waals surface area contributed by atoms with Crippen LogP contribution in [0.2, 0.25) is 37.8 Å². The third-order valence-electron chi connectivity index (χ3n) is 7.67. The number of carbonyl (C=O) groups is 1. The van der Waals surface area contributed by atoms with Gasteiger partial charge < -0.3 is 4.74 Å². The zero-order chi connectivity index (χ0) is 20.6. The Morgan fingerprint density at radius 2 is 1.43 bits per heavy atom. The zero-order valence-corrected chi connectivity index (χ0v) is 21.1. The minimum absolute atomic E-state index is 0.211. The van der Waals surface area contributed by atoms with Crippen molar-refractivity contribution < 1.29 is 9.53 Å². The largest absolute Gasteiger partial charge is 0.493 e. The van der Waals surface area contributed by atoms with E-state index in [9.17, 15) is 4.79 Å². The van der Waals surface area contributed by atoms with E-state index >= 15 is 0 Å². The SMILES string of the molecule is CC(C)(C)[Si](C)(C)c1c2c(c([Si](C)(C)C)c3c1C1=C(CCCC1)C3=O)CCO2. The van der Waals surface area contributed by atoms with Gasteiger partial charge in [0, 0.05) is 17.6 Å². The van der Waals surface area contributed by atoms with E-state index < -0.39 is 16.1 Å². The second kappa shape index (κ2) is 6.18. The normalized spacial score (nSPS) is 19.5. The Morgan fingerprint density at radius 3 is 2.00 bits per heavy atom. The lowest BCUT2D eigenvalue weighted by molar-refractivity contribution is 0.103. The molecule has 4 heteroatoms. The summed E-state index contributed by atoms with van der Waals surface area (Å²) in [4.78, 5) is 13.8. The summed E-state index contributed by atoms with van der Waals surface area (Å²) in [5.74, 6) is 1.56. The Kier molecular flexibility index (Phi) is 4.45. The third-order valence-corrected chi connectivity index (χ3v) is 15.2. The Labute approximate surface area is 172 Å². The third kappa shape index (κ3) is 2.67. The van der Waals surface area contributed by atoms with Crippen LogP contribution in [-0.2, 0) is 6.42 Å². The fourth-order valence-electron chi connectivity index (χ4n) is 5.34. The Bertz CT molecular complexity index is 908. The lowest BCUT2D eigenvalue weighted by atomic mass is 9.91. The molecule has 0 amide bonds. The van der Waals surface area contributed by atoms with Crippen LogP contribution in [0.15, 0.2) is 5.57 Å². The van der Waals surface area contributed by atoms with E-state index in [4.69, 9.17) is 4.74 Å². The lowest BCUT2D eigenvalue weighted by Gasteiger charge is -2.40. The number of hydrogen-bond donors (Lipinski definition) is 0. The van der Waals surface area contributed by atoms with Crippen LogP contribution in [-0.4, -0.2) is 28.5 Å². The molecule has 1 aliphatic heterocycles. The molecule has 28 heavy (non-hydrogen) atoms. The van der Waals surface area contributed by atoms with Crippen molar-refractivity contribution in [3.8, 4) is 5.75 Å². The molecule has 1 heterocycles. The van der Waals surface area contributed by atoms with Gasteiger partial charge in [0.05, 0.1) is 22.8 Å². The number of ketones is 1. The number of ether oxygens (including phenoxy) is 1. The molecule has 3 aliphatic rings. The number of benzene rings is 1. The molecule has 0 unspecified atom stereocenters. The first-order chi connectivity index (χ1) is 12.9. The van der Waals surface area contributed by atoms with E-state index in [0.717, 1.165) is 43.4 Å². The standard InChI is InChI=1S/C24H36O2Si2/c1-24(2,3)28(7,8)23-18-15-11-9-10-12-16(15)20(25)19(18)22(27(4,5)6)17-13-14-26-21(17)23/h9-14H2,1-8H3. The van der Waals surface area contributed by atoms with Crippen molar-refractivity contribution in [1.29, 1.82) is 0 Å². The molecular formula is C24H36O2Si2. The van der Waals surface area contributed by atoms with E-state index in [2.05, 4.69) is 53.5 Å². The highest BCUT2D eigenvalue weighted by atomic mass is 28.3. The molecule has 0 bridgehead atoms.